The van der Waals surface area contributed by atoms with Gasteiger partial charge in [-0.3, -0.25) is 4.79 Å². The van der Waals surface area contributed by atoms with E-state index >= 15 is 0 Å². The lowest BCUT2D eigenvalue weighted by Gasteiger charge is -2.04. The van der Waals surface area contributed by atoms with E-state index < -0.39 is 17.9 Å². The van der Waals surface area contributed by atoms with E-state index in [0.717, 1.165) is 11.6 Å². The van der Waals surface area contributed by atoms with Crippen LogP contribution in [0.2, 0.25) is 0 Å². The predicted molar refractivity (Wildman–Crippen MR) is 56.6 cm³/mol. The van der Waals surface area contributed by atoms with Gasteiger partial charge in [0.15, 0.2) is 0 Å². The van der Waals surface area contributed by atoms with Gasteiger partial charge in [0.2, 0.25) is 0 Å². The number of carboxylic acids is 2. The normalized spacial score (nSPS) is 14.9. The van der Waals surface area contributed by atoms with E-state index in [1.165, 1.54) is 0 Å². The molecule has 0 saturated heterocycles. The average molecular weight is 212 g/mol. The second-order valence-corrected chi connectivity index (χ2v) is 3.65. The van der Waals surface area contributed by atoms with Crippen LogP contribution in [-0.2, 0) is 9.59 Å². The van der Waals surface area contributed by atoms with Gasteiger partial charge in [0, 0.05) is 6.08 Å². The van der Waals surface area contributed by atoms with Gasteiger partial charge in [-0.05, 0) is 27.2 Å². The monoisotopic (exact) mass is 212 g/mol. The first-order valence-corrected chi connectivity index (χ1v) is 4.63. The highest BCUT2D eigenvalue weighted by atomic mass is 16.4. The Morgan fingerprint density at radius 3 is 2.13 bits per heavy atom. The largest absolute Gasteiger partial charge is 0.481 e. The molecular weight excluding hydrogens is 196 g/mol. The molecule has 0 spiro atoms. The highest BCUT2D eigenvalue weighted by Crippen LogP contribution is 2.12. The van der Waals surface area contributed by atoms with Gasteiger partial charge < -0.3 is 10.2 Å². The second kappa shape index (κ2) is 6.01. The molecule has 0 saturated carbocycles. The molecule has 0 aromatic heterocycles. The molecule has 0 aliphatic heterocycles. The van der Waals surface area contributed by atoms with Crippen LogP contribution >= 0.6 is 0 Å². The molecule has 0 unspecified atom stereocenters. The molecule has 84 valence electrons. The summed E-state index contributed by atoms with van der Waals surface area (Å²) in [5, 5.41) is 17.1. The predicted octanol–water partition coefficient (Wildman–Crippen LogP) is 2.07. The molecule has 0 aromatic carbocycles. The minimum absolute atomic E-state index is 0.490. The molecule has 0 amide bonds. The standard InChI is InChI=1S/C11H16O4/c1-7(5-9(3)11(14)15)4-8(2)6-10(12)13/h5-6,9H,4H2,1-3H3,(H,12,13)(H,14,15)/b7-5+,8-6+/t9-/m1/s1. The minimum Gasteiger partial charge on any atom is -0.481 e. The molecule has 0 aliphatic rings. The topological polar surface area (TPSA) is 74.6 Å². The number of carboxylic acid groups (broad SMARTS) is 2. The summed E-state index contributed by atoms with van der Waals surface area (Å²) in [5.74, 6) is -2.40. The lowest BCUT2D eigenvalue weighted by Crippen LogP contribution is -2.06. The molecule has 2 N–H and O–H groups in total. The number of hydrogen-bond donors (Lipinski definition) is 2. The number of hydrogen-bond acceptors (Lipinski definition) is 2. The van der Waals surface area contributed by atoms with Crippen molar-refractivity contribution in [3.8, 4) is 0 Å². The Kier molecular flexibility index (Phi) is 5.37. The fourth-order valence-electron chi connectivity index (χ4n) is 1.26. The Balaban J connectivity index is 4.42. The van der Waals surface area contributed by atoms with Gasteiger partial charge >= 0.3 is 11.9 Å². The van der Waals surface area contributed by atoms with Crippen molar-refractivity contribution in [1.29, 1.82) is 0 Å². The molecule has 0 bridgehead atoms. The van der Waals surface area contributed by atoms with Crippen LogP contribution in [0.25, 0.3) is 0 Å². The van der Waals surface area contributed by atoms with E-state index in [2.05, 4.69) is 0 Å². The van der Waals surface area contributed by atoms with Gasteiger partial charge in [-0.15, -0.1) is 0 Å². The van der Waals surface area contributed by atoms with Crippen molar-refractivity contribution in [2.75, 3.05) is 0 Å². The van der Waals surface area contributed by atoms with E-state index in [9.17, 15) is 9.59 Å². The number of allylic oxidation sites excluding steroid dienone is 2. The van der Waals surface area contributed by atoms with E-state index in [-0.39, 0.29) is 0 Å². The summed E-state index contributed by atoms with van der Waals surface area (Å²) in [6, 6.07) is 0. The summed E-state index contributed by atoms with van der Waals surface area (Å²) in [7, 11) is 0. The summed E-state index contributed by atoms with van der Waals surface area (Å²) in [6.45, 7) is 5.08. The van der Waals surface area contributed by atoms with Crippen LogP contribution in [0.3, 0.4) is 0 Å². The van der Waals surface area contributed by atoms with Crippen molar-refractivity contribution in [1.82, 2.24) is 0 Å². The maximum absolute atomic E-state index is 10.5. The van der Waals surface area contributed by atoms with Gasteiger partial charge in [0.05, 0.1) is 5.92 Å². The zero-order valence-corrected chi connectivity index (χ0v) is 9.15. The number of carbonyl (C=O) groups is 2. The summed E-state index contributed by atoms with van der Waals surface area (Å²) >= 11 is 0. The van der Waals surface area contributed by atoms with Crippen LogP contribution < -0.4 is 0 Å². The second-order valence-electron chi connectivity index (χ2n) is 3.65. The van der Waals surface area contributed by atoms with Gasteiger partial charge in [-0.25, -0.2) is 4.79 Å². The zero-order valence-electron chi connectivity index (χ0n) is 9.15. The highest BCUT2D eigenvalue weighted by molar-refractivity contribution is 5.80. The maximum Gasteiger partial charge on any atom is 0.328 e. The Morgan fingerprint density at radius 2 is 1.73 bits per heavy atom. The summed E-state index contributed by atoms with van der Waals surface area (Å²) in [6.07, 6.45) is 3.24. The molecule has 15 heavy (non-hydrogen) atoms. The Hall–Kier alpha value is -1.58. The van der Waals surface area contributed by atoms with Gasteiger partial charge in [0.25, 0.3) is 0 Å². The molecular formula is C11H16O4. The fourth-order valence-corrected chi connectivity index (χ4v) is 1.26. The summed E-state index contributed by atoms with van der Waals surface area (Å²) in [4.78, 5) is 20.9. The lowest BCUT2D eigenvalue weighted by molar-refractivity contribution is -0.139. The molecule has 0 heterocycles. The summed E-state index contributed by atoms with van der Waals surface area (Å²) < 4.78 is 0. The number of rotatable bonds is 5. The minimum atomic E-state index is -0.980. The van der Waals surface area contributed by atoms with Crippen molar-refractivity contribution >= 4 is 11.9 Å². The molecule has 1 atom stereocenters. The maximum atomic E-state index is 10.5. The SMILES string of the molecule is C/C(=C\C(=O)O)C/C(C)=C/[C@@H](C)C(=O)O. The van der Waals surface area contributed by atoms with Crippen LogP contribution in [0, 0.1) is 5.92 Å². The third kappa shape index (κ3) is 6.49. The van der Waals surface area contributed by atoms with Crippen molar-refractivity contribution in [3.63, 3.8) is 0 Å². The van der Waals surface area contributed by atoms with Crippen molar-refractivity contribution in [2.24, 2.45) is 5.92 Å². The van der Waals surface area contributed by atoms with Crippen LogP contribution in [0.15, 0.2) is 23.3 Å². The van der Waals surface area contributed by atoms with Crippen LogP contribution in [-0.4, -0.2) is 22.2 Å². The molecule has 0 aromatic rings. The van der Waals surface area contributed by atoms with Gasteiger partial charge in [-0.2, -0.15) is 0 Å². The van der Waals surface area contributed by atoms with E-state index in [1.807, 2.05) is 0 Å². The first-order valence-electron chi connectivity index (χ1n) is 4.63. The van der Waals surface area contributed by atoms with E-state index in [0.29, 0.717) is 12.0 Å². The molecule has 0 radical (unpaired) electrons. The van der Waals surface area contributed by atoms with Crippen molar-refractivity contribution in [3.05, 3.63) is 23.3 Å². The first-order chi connectivity index (χ1) is 6.82. The van der Waals surface area contributed by atoms with Crippen LogP contribution in [0.5, 0.6) is 0 Å². The molecule has 4 heteroatoms. The first kappa shape index (κ1) is 13.4. The third-order valence-electron chi connectivity index (χ3n) is 1.85. The van der Waals surface area contributed by atoms with E-state index in [1.54, 1.807) is 26.8 Å². The van der Waals surface area contributed by atoms with Crippen LogP contribution in [0.1, 0.15) is 27.2 Å². The zero-order chi connectivity index (χ0) is 12.0. The van der Waals surface area contributed by atoms with Gasteiger partial charge in [0.1, 0.15) is 0 Å². The Labute approximate surface area is 88.9 Å². The smallest absolute Gasteiger partial charge is 0.328 e. The summed E-state index contributed by atoms with van der Waals surface area (Å²) in [5.41, 5.74) is 1.56. The molecule has 0 fully saturated rings. The van der Waals surface area contributed by atoms with Crippen molar-refractivity contribution in [2.45, 2.75) is 27.2 Å². The lowest BCUT2D eigenvalue weighted by atomic mass is 10.0. The Bertz CT molecular complexity index is 313. The van der Waals surface area contributed by atoms with E-state index in [4.69, 9.17) is 10.2 Å². The quantitative estimate of drug-likeness (QED) is 0.540. The average Bonchev–Trinajstić information content (AvgIpc) is 2.00. The van der Waals surface area contributed by atoms with Crippen LogP contribution in [0.4, 0.5) is 0 Å². The number of aliphatic carboxylic acids is 2. The molecule has 0 rings (SSSR count). The van der Waals surface area contributed by atoms with Gasteiger partial charge in [-0.1, -0.05) is 17.2 Å². The Morgan fingerprint density at radius 1 is 1.20 bits per heavy atom. The highest BCUT2D eigenvalue weighted by Gasteiger charge is 2.07. The van der Waals surface area contributed by atoms with Crippen molar-refractivity contribution < 1.29 is 19.8 Å². The third-order valence-corrected chi connectivity index (χ3v) is 1.85. The molecule has 0 aliphatic carbocycles. The fraction of sp³-hybridized carbons (Fsp3) is 0.455. The molecule has 4 nitrogen and oxygen atoms in total.